The third kappa shape index (κ3) is 3.07. The van der Waals surface area contributed by atoms with Crippen LogP contribution in [0.25, 0.3) is 0 Å². The Morgan fingerprint density at radius 2 is 1.88 bits per heavy atom. The summed E-state index contributed by atoms with van der Waals surface area (Å²) in [6, 6.07) is 9.44. The second-order valence-electron chi connectivity index (χ2n) is 4.61. The lowest BCUT2D eigenvalue weighted by atomic mass is 9.93. The number of piperidine rings is 1. The Kier molecular flexibility index (Phi) is 4.15. The van der Waals surface area contributed by atoms with Crippen molar-refractivity contribution in [2.75, 3.05) is 19.7 Å². The molecule has 0 radical (unpaired) electrons. The monoisotopic (exact) mass is 233 g/mol. The minimum atomic E-state index is 0.132. The highest BCUT2D eigenvalue weighted by Crippen LogP contribution is 2.21. The van der Waals surface area contributed by atoms with Crippen LogP contribution in [0.15, 0.2) is 30.3 Å². The van der Waals surface area contributed by atoms with Crippen molar-refractivity contribution in [3.8, 4) is 0 Å². The van der Waals surface area contributed by atoms with E-state index in [-0.39, 0.29) is 12.5 Å². The fourth-order valence-electron chi connectivity index (χ4n) is 2.37. The van der Waals surface area contributed by atoms with Gasteiger partial charge in [-0.25, -0.2) is 0 Å². The number of carbonyl (C=O) groups is 1. The highest BCUT2D eigenvalue weighted by atomic mass is 16.3. The van der Waals surface area contributed by atoms with E-state index in [2.05, 4.69) is 0 Å². The lowest BCUT2D eigenvalue weighted by molar-refractivity contribution is 0.0678. The summed E-state index contributed by atoms with van der Waals surface area (Å²) in [4.78, 5) is 14.1. The Morgan fingerprint density at radius 3 is 2.47 bits per heavy atom. The molecule has 2 rings (SSSR count). The third-order valence-corrected chi connectivity index (χ3v) is 3.46. The second-order valence-corrected chi connectivity index (χ2v) is 4.61. The SMILES string of the molecule is O=C(c1ccccc1)N1CCC(CCO)CC1. The van der Waals surface area contributed by atoms with Crippen LogP contribution in [0.5, 0.6) is 0 Å². The van der Waals surface area contributed by atoms with Crippen molar-refractivity contribution in [3.63, 3.8) is 0 Å². The van der Waals surface area contributed by atoms with Crippen LogP contribution in [0, 0.1) is 5.92 Å². The molecule has 1 heterocycles. The molecule has 0 spiro atoms. The molecule has 1 amide bonds. The molecule has 0 bridgehead atoms. The topological polar surface area (TPSA) is 40.5 Å². The fraction of sp³-hybridized carbons (Fsp3) is 0.500. The van der Waals surface area contributed by atoms with Crippen molar-refractivity contribution in [1.29, 1.82) is 0 Å². The van der Waals surface area contributed by atoms with Crippen molar-refractivity contribution >= 4 is 5.91 Å². The first-order valence-corrected chi connectivity index (χ1v) is 6.26. The number of amides is 1. The van der Waals surface area contributed by atoms with Crippen molar-refractivity contribution < 1.29 is 9.90 Å². The zero-order valence-corrected chi connectivity index (χ0v) is 10.0. The van der Waals surface area contributed by atoms with Crippen molar-refractivity contribution in [2.45, 2.75) is 19.3 Å². The van der Waals surface area contributed by atoms with Crippen LogP contribution in [0.3, 0.4) is 0 Å². The molecule has 0 aliphatic carbocycles. The molecular weight excluding hydrogens is 214 g/mol. The molecule has 0 saturated carbocycles. The van der Waals surface area contributed by atoms with Crippen LogP contribution in [-0.2, 0) is 0 Å². The largest absolute Gasteiger partial charge is 0.396 e. The molecule has 3 heteroatoms. The van der Waals surface area contributed by atoms with Gasteiger partial charge in [0.25, 0.3) is 5.91 Å². The van der Waals surface area contributed by atoms with E-state index in [0.717, 1.165) is 37.9 Å². The van der Waals surface area contributed by atoms with Crippen LogP contribution in [0.1, 0.15) is 29.6 Å². The van der Waals surface area contributed by atoms with Crippen LogP contribution < -0.4 is 0 Å². The Hall–Kier alpha value is -1.35. The minimum Gasteiger partial charge on any atom is -0.396 e. The van der Waals surface area contributed by atoms with Crippen molar-refractivity contribution in [3.05, 3.63) is 35.9 Å². The predicted octanol–water partition coefficient (Wildman–Crippen LogP) is 1.92. The molecular formula is C14H19NO2. The average Bonchev–Trinajstić information content (AvgIpc) is 2.40. The molecule has 3 nitrogen and oxygen atoms in total. The van der Waals surface area contributed by atoms with E-state index in [9.17, 15) is 4.79 Å². The van der Waals surface area contributed by atoms with Gasteiger partial charge in [0.15, 0.2) is 0 Å². The van der Waals surface area contributed by atoms with E-state index in [1.165, 1.54) is 0 Å². The summed E-state index contributed by atoms with van der Waals surface area (Å²) in [5.41, 5.74) is 0.771. The van der Waals surface area contributed by atoms with E-state index in [1.807, 2.05) is 35.2 Å². The molecule has 1 aromatic carbocycles. The van der Waals surface area contributed by atoms with E-state index in [1.54, 1.807) is 0 Å². The zero-order valence-electron chi connectivity index (χ0n) is 10.0. The Labute approximate surface area is 102 Å². The molecule has 1 aliphatic rings. The van der Waals surface area contributed by atoms with Gasteiger partial charge in [0, 0.05) is 25.3 Å². The summed E-state index contributed by atoms with van der Waals surface area (Å²) >= 11 is 0. The van der Waals surface area contributed by atoms with Gasteiger partial charge in [-0.2, -0.15) is 0 Å². The normalized spacial score (nSPS) is 17.1. The minimum absolute atomic E-state index is 0.132. The summed E-state index contributed by atoms with van der Waals surface area (Å²) in [5, 5.41) is 8.89. The number of rotatable bonds is 3. The molecule has 1 aliphatic heterocycles. The maximum atomic E-state index is 12.1. The maximum absolute atomic E-state index is 12.1. The lowest BCUT2D eigenvalue weighted by Gasteiger charge is -2.31. The summed E-state index contributed by atoms with van der Waals surface area (Å²) < 4.78 is 0. The van der Waals surface area contributed by atoms with Gasteiger partial charge in [-0.1, -0.05) is 18.2 Å². The number of aliphatic hydroxyl groups excluding tert-OH is 1. The number of likely N-dealkylation sites (tertiary alicyclic amines) is 1. The first kappa shape index (κ1) is 12.1. The second kappa shape index (κ2) is 5.82. The maximum Gasteiger partial charge on any atom is 0.253 e. The van der Waals surface area contributed by atoms with Crippen LogP contribution in [0.2, 0.25) is 0 Å². The molecule has 1 N–H and O–H groups in total. The first-order chi connectivity index (χ1) is 8.31. The number of carbonyl (C=O) groups excluding carboxylic acids is 1. The van der Waals surface area contributed by atoms with E-state index in [4.69, 9.17) is 5.11 Å². The average molecular weight is 233 g/mol. The number of benzene rings is 1. The standard InChI is InChI=1S/C14H19NO2/c16-11-8-12-6-9-15(10-7-12)14(17)13-4-2-1-3-5-13/h1-5,12,16H,6-11H2. The Morgan fingerprint density at radius 1 is 1.24 bits per heavy atom. The molecule has 0 aromatic heterocycles. The summed E-state index contributed by atoms with van der Waals surface area (Å²) in [6.07, 6.45) is 2.89. The number of nitrogens with zero attached hydrogens (tertiary/aromatic N) is 1. The highest BCUT2D eigenvalue weighted by Gasteiger charge is 2.22. The molecule has 17 heavy (non-hydrogen) atoms. The molecule has 1 aromatic rings. The van der Waals surface area contributed by atoms with Crippen LogP contribution in [-0.4, -0.2) is 35.6 Å². The fourth-order valence-corrected chi connectivity index (χ4v) is 2.37. The van der Waals surface area contributed by atoms with E-state index >= 15 is 0 Å². The van der Waals surface area contributed by atoms with E-state index < -0.39 is 0 Å². The lowest BCUT2D eigenvalue weighted by Crippen LogP contribution is -2.38. The van der Waals surface area contributed by atoms with Gasteiger partial charge in [0.2, 0.25) is 0 Å². The molecule has 1 fully saturated rings. The molecule has 1 saturated heterocycles. The number of hydrogen-bond donors (Lipinski definition) is 1. The van der Waals surface area contributed by atoms with Gasteiger partial charge in [-0.15, -0.1) is 0 Å². The summed E-state index contributed by atoms with van der Waals surface area (Å²) in [6.45, 7) is 1.90. The van der Waals surface area contributed by atoms with Crippen LogP contribution in [0.4, 0.5) is 0 Å². The van der Waals surface area contributed by atoms with Gasteiger partial charge in [0.1, 0.15) is 0 Å². The summed E-state index contributed by atoms with van der Waals surface area (Å²) in [7, 11) is 0. The smallest absolute Gasteiger partial charge is 0.253 e. The van der Waals surface area contributed by atoms with Gasteiger partial charge in [-0.3, -0.25) is 4.79 Å². The number of aliphatic hydroxyl groups is 1. The predicted molar refractivity (Wildman–Crippen MR) is 66.8 cm³/mol. The first-order valence-electron chi connectivity index (χ1n) is 6.26. The van der Waals surface area contributed by atoms with Gasteiger partial charge in [0.05, 0.1) is 0 Å². The molecule has 0 atom stereocenters. The van der Waals surface area contributed by atoms with Crippen molar-refractivity contribution in [2.24, 2.45) is 5.92 Å². The summed E-state index contributed by atoms with van der Waals surface area (Å²) in [5.74, 6) is 0.716. The van der Waals surface area contributed by atoms with E-state index in [0.29, 0.717) is 5.92 Å². The Balaban J connectivity index is 1.91. The molecule has 0 unspecified atom stereocenters. The Bertz CT molecular complexity index is 356. The zero-order chi connectivity index (χ0) is 12.1. The molecule has 92 valence electrons. The van der Waals surface area contributed by atoms with Crippen LogP contribution >= 0.6 is 0 Å². The highest BCUT2D eigenvalue weighted by molar-refractivity contribution is 5.94. The third-order valence-electron chi connectivity index (χ3n) is 3.46. The van der Waals surface area contributed by atoms with Gasteiger partial charge < -0.3 is 10.0 Å². The van der Waals surface area contributed by atoms with Gasteiger partial charge in [-0.05, 0) is 37.3 Å². The van der Waals surface area contributed by atoms with Crippen molar-refractivity contribution in [1.82, 2.24) is 4.90 Å². The number of hydrogen-bond acceptors (Lipinski definition) is 2. The van der Waals surface area contributed by atoms with Gasteiger partial charge >= 0.3 is 0 Å². The quantitative estimate of drug-likeness (QED) is 0.866.